The molecule has 1 N–H and O–H groups in total. The van der Waals surface area contributed by atoms with Crippen molar-refractivity contribution in [1.82, 2.24) is 14.9 Å². The summed E-state index contributed by atoms with van der Waals surface area (Å²) >= 11 is 0. The van der Waals surface area contributed by atoms with Gasteiger partial charge in [-0.15, -0.1) is 0 Å². The third-order valence-corrected chi connectivity index (χ3v) is 5.95. The maximum atomic E-state index is 5.68. The zero-order valence-corrected chi connectivity index (χ0v) is 17.0. The van der Waals surface area contributed by atoms with Crippen LogP contribution in [0.4, 0.5) is 11.5 Å². The number of anilines is 2. The summed E-state index contributed by atoms with van der Waals surface area (Å²) in [6.45, 7) is 2.99. The second kappa shape index (κ2) is 7.56. The molecule has 0 atom stereocenters. The highest BCUT2D eigenvalue weighted by atomic mass is 16.7. The first-order chi connectivity index (χ1) is 15.3. The van der Waals surface area contributed by atoms with Gasteiger partial charge < -0.3 is 14.8 Å². The minimum Gasteiger partial charge on any atom is -0.454 e. The number of nitrogens with one attached hydrogen (secondary N) is 1. The number of hydrogen-bond acceptors (Lipinski definition) is 6. The van der Waals surface area contributed by atoms with Crippen LogP contribution in [0.15, 0.2) is 67.0 Å². The highest BCUT2D eigenvalue weighted by Crippen LogP contribution is 2.37. The summed E-state index contributed by atoms with van der Waals surface area (Å²) in [5.41, 5.74) is 5.72. The number of ether oxygens (including phenoxy) is 2. The van der Waals surface area contributed by atoms with Gasteiger partial charge >= 0.3 is 0 Å². The fourth-order valence-electron chi connectivity index (χ4n) is 4.42. The van der Waals surface area contributed by atoms with Crippen LogP contribution in [0.25, 0.3) is 10.9 Å². The largest absolute Gasteiger partial charge is 0.454 e. The predicted octanol–water partition coefficient (Wildman–Crippen LogP) is 4.66. The predicted molar refractivity (Wildman–Crippen MR) is 120 cm³/mol. The molecule has 0 saturated carbocycles. The number of pyridine rings is 2. The van der Waals surface area contributed by atoms with Gasteiger partial charge in [0.25, 0.3) is 0 Å². The second-order valence-electron chi connectivity index (χ2n) is 7.95. The lowest BCUT2D eigenvalue weighted by atomic mass is 10.00. The number of aromatic nitrogens is 2. The van der Waals surface area contributed by atoms with E-state index in [1.807, 2.05) is 42.7 Å². The summed E-state index contributed by atoms with van der Waals surface area (Å²) in [4.78, 5) is 11.6. The Kier molecular flexibility index (Phi) is 4.43. The first kappa shape index (κ1) is 18.2. The Bertz CT molecular complexity index is 1270. The van der Waals surface area contributed by atoms with E-state index in [0.717, 1.165) is 60.0 Å². The van der Waals surface area contributed by atoms with Crippen molar-refractivity contribution < 1.29 is 9.47 Å². The van der Waals surface area contributed by atoms with E-state index >= 15 is 0 Å². The zero-order valence-electron chi connectivity index (χ0n) is 17.0. The smallest absolute Gasteiger partial charge is 0.231 e. The van der Waals surface area contributed by atoms with Crippen molar-refractivity contribution in [2.45, 2.75) is 19.5 Å². The molecule has 6 rings (SSSR count). The number of fused-ring (bicyclic) bond motifs is 3. The fraction of sp³-hybridized carbons (Fsp3) is 0.200. The molecule has 154 valence electrons. The number of rotatable bonds is 4. The van der Waals surface area contributed by atoms with Crippen molar-refractivity contribution >= 4 is 22.4 Å². The van der Waals surface area contributed by atoms with Crippen molar-refractivity contribution in [3.05, 3.63) is 83.7 Å². The average Bonchev–Trinajstić information content (AvgIpc) is 3.29. The number of hydrogen-bond donors (Lipinski definition) is 1. The number of benzene rings is 2. The van der Waals surface area contributed by atoms with E-state index < -0.39 is 0 Å². The Hall–Kier alpha value is -3.64. The van der Waals surface area contributed by atoms with E-state index in [0.29, 0.717) is 6.79 Å². The molecule has 6 nitrogen and oxygen atoms in total. The Morgan fingerprint density at radius 2 is 1.97 bits per heavy atom. The lowest BCUT2D eigenvalue weighted by Crippen LogP contribution is -2.30. The van der Waals surface area contributed by atoms with Gasteiger partial charge in [-0.05, 0) is 36.2 Å². The molecular formula is C25H22N4O2. The zero-order chi connectivity index (χ0) is 20.6. The molecule has 0 spiro atoms. The molecule has 6 heteroatoms. The molecule has 2 aromatic heterocycles. The molecule has 0 fully saturated rings. The summed E-state index contributed by atoms with van der Waals surface area (Å²) in [7, 11) is 0. The third kappa shape index (κ3) is 3.45. The van der Waals surface area contributed by atoms with Crippen molar-refractivity contribution in [3.63, 3.8) is 0 Å². The van der Waals surface area contributed by atoms with E-state index in [-0.39, 0.29) is 0 Å². The molecule has 2 aromatic carbocycles. The summed E-state index contributed by atoms with van der Waals surface area (Å²) in [6.07, 6.45) is 4.70. The molecule has 0 amide bonds. The number of nitrogens with zero attached hydrogens (tertiary/aromatic N) is 3. The summed E-state index contributed by atoms with van der Waals surface area (Å²) < 4.78 is 11.2. The molecule has 0 radical (unpaired) electrons. The topological polar surface area (TPSA) is 59.5 Å². The molecule has 0 unspecified atom stereocenters. The van der Waals surface area contributed by atoms with E-state index in [2.05, 4.69) is 44.5 Å². The van der Waals surface area contributed by atoms with Crippen LogP contribution < -0.4 is 14.8 Å². The van der Waals surface area contributed by atoms with E-state index in [1.165, 1.54) is 16.7 Å². The standard InChI is InChI=1S/C25H22N4O2/c1-2-6-22-17(4-1)12-20(13-27-22)28-25-21-9-11-29(14-18(21)8-10-26-25)15-19-5-3-7-23-24(19)31-16-30-23/h1-8,10,12-13H,9,11,14-16H2,(H,26,28). The van der Waals surface area contributed by atoms with Gasteiger partial charge in [-0.2, -0.15) is 0 Å². The van der Waals surface area contributed by atoms with E-state index in [1.54, 1.807) is 0 Å². The molecule has 4 aromatic rings. The molecule has 2 aliphatic heterocycles. The Morgan fingerprint density at radius 3 is 2.97 bits per heavy atom. The summed E-state index contributed by atoms with van der Waals surface area (Å²) in [5.74, 6) is 2.65. The second-order valence-corrected chi connectivity index (χ2v) is 7.95. The molecule has 2 aliphatic rings. The normalized spacial score (nSPS) is 15.1. The van der Waals surface area contributed by atoms with Gasteiger partial charge in [0.15, 0.2) is 11.5 Å². The SMILES string of the molecule is c1cc(CN2CCc3c(ccnc3Nc3cnc4ccccc4c3)C2)c2c(c1)OCO2. The van der Waals surface area contributed by atoms with Crippen LogP contribution in [0.5, 0.6) is 11.5 Å². The number of para-hydroxylation sites is 2. The molecule has 0 saturated heterocycles. The Balaban J connectivity index is 1.22. The fourth-order valence-corrected chi connectivity index (χ4v) is 4.42. The first-order valence-corrected chi connectivity index (χ1v) is 10.5. The van der Waals surface area contributed by atoms with Crippen LogP contribution in [0, 0.1) is 0 Å². The van der Waals surface area contributed by atoms with Crippen molar-refractivity contribution in [2.75, 3.05) is 18.7 Å². The van der Waals surface area contributed by atoms with Gasteiger partial charge in [0.1, 0.15) is 5.82 Å². The Labute approximate surface area is 180 Å². The molecule has 0 bridgehead atoms. The monoisotopic (exact) mass is 410 g/mol. The minimum absolute atomic E-state index is 0.305. The highest BCUT2D eigenvalue weighted by Gasteiger charge is 2.23. The van der Waals surface area contributed by atoms with Gasteiger partial charge in [-0.3, -0.25) is 9.88 Å². The molecule has 4 heterocycles. The maximum Gasteiger partial charge on any atom is 0.231 e. The van der Waals surface area contributed by atoms with Gasteiger partial charge in [0, 0.05) is 42.3 Å². The van der Waals surface area contributed by atoms with Gasteiger partial charge in [-0.25, -0.2) is 4.98 Å². The van der Waals surface area contributed by atoms with E-state index in [9.17, 15) is 0 Å². The van der Waals surface area contributed by atoms with Gasteiger partial charge in [0.05, 0.1) is 17.4 Å². The van der Waals surface area contributed by atoms with Crippen LogP contribution in [-0.4, -0.2) is 28.2 Å². The maximum absolute atomic E-state index is 5.68. The van der Waals surface area contributed by atoms with Gasteiger partial charge in [-0.1, -0.05) is 30.3 Å². The third-order valence-electron chi connectivity index (χ3n) is 5.95. The van der Waals surface area contributed by atoms with Crippen molar-refractivity contribution in [3.8, 4) is 11.5 Å². The van der Waals surface area contributed by atoms with Crippen LogP contribution in [0.2, 0.25) is 0 Å². The van der Waals surface area contributed by atoms with E-state index in [4.69, 9.17) is 9.47 Å². The van der Waals surface area contributed by atoms with Crippen LogP contribution in [0.3, 0.4) is 0 Å². The summed E-state index contributed by atoms with van der Waals surface area (Å²) in [6, 6.07) is 18.5. The first-order valence-electron chi connectivity index (χ1n) is 10.5. The Morgan fingerprint density at radius 1 is 1.00 bits per heavy atom. The minimum atomic E-state index is 0.305. The lowest BCUT2D eigenvalue weighted by Gasteiger charge is -2.30. The summed E-state index contributed by atoms with van der Waals surface area (Å²) in [5, 5.41) is 4.61. The van der Waals surface area contributed by atoms with Crippen molar-refractivity contribution in [1.29, 1.82) is 0 Å². The molecule has 31 heavy (non-hydrogen) atoms. The van der Waals surface area contributed by atoms with Crippen molar-refractivity contribution in [2.24, 2.45) is 0 Å². The van der Waals surface area contributed by atoms with Crippen LogP contribution >= 0.6 is 0 Å². The highest BCUT2D eigenvalue weighted by molar-refractivity contribution is 5.82. The average molecular weight is 410 g/mol. The van der Waals surface area contributed by atoms with Crippen LogP contribution in [0.1, 0.15) is 16.7 Å². The van der Waals surface area contributed by atoms with Gasteiger partial charge in [0.2, 0.25) is 6.79 Å². The lowest BCUT2D eigenvalue weighted by molar-refractivity contribution is 0.171. The quantitative estimate of drug-likeness (QED) is 0.528. The van der Waals surface area contributed by atoms with Crippen LogP contribution in [-0.2, 0) is 19.5 Å². The molecular weight excluding hydrogens is 388 g/mol. The molecule has 0 aliphatic carbocycles.